The summed E-state index contributed by atoms with van der Waals surface area (Å²) < 4.78 is 0. The first-order valence-corrected chi connectivity index (χ1v) is 7.07. The molecule has 0 saturated heterocycles. The number of nitrogens with zero attached hydrogens (tertiary/aromatic N) is 2. The molecule has 0 amide bonds. The van der Waals surface area contributed by atoms with Gasteiger partial charge in [0.05, 0.1) is 6.54 Å². The molecule has 1 aliphatic carbocycles. The van der Waals surface area contributed by atoms with Gasteiger partial charge in [-0.25, -0.2) is 0 Å². The van der Waals surface area contributed by atoms with Gasteiger partial charge in [0, 0.05) is 31.7 Å². The lowest BCUT2D eigenvalue weighted by molar-refractivity contribution is 0.218. The van der Waals surface area contributed by atoms with Crippen LogP contribution in [0.1, 0.15) is 33.6 Å². The molecular weight excluding hydrogens is 224 g/mol. The quantitative estimate of drug-likeness (QED) is 0.391. The van der Waals surface area contributed by atoms with E-state index >= 15 is 0 Å². The lowest BCUT2D eigenvalue weighted by Gasteiger charge is -2.25. The molecule has 18 heavy (non-hydrogen) atoms. The molecule has 1 fully saturated rings. The third-order valence-corrected chi connectivity index (χ3v) is 3.07. The highest BCUT2D eigenvalue weighted by molar-refractivity contribution is 5.79. The van der Waals surface area contributed by atoms with Gasteiger partial charge in [0.2, 0.25) is 0 Å². The number of hydrogen-bond acceptors (Lipinski definition) is 2. The molecule has 1 rings (SSSR count). The Morgan fingerprint density at radius 1 is 1.44 bits per heavy atom. The summed E-state index contributed by atoms with van der Waals surface area (Å²) in [6.45, 7) is 13.9. The molecule has 0 aromatic carbocycles. The standard InChI is InChI=1S/C14H28N4/c1-5-9-16-14(15-6-2)17-10-11-18(12(3)4)13-7-8-13/h5,12-13H,1,6-11H2,2-4H3,(H2,15,16,17). The minimum atomic E-state index is 0.622. The van der Waals surface area contributed by atoms with E-state index in [2.05, 4.69) is 47.9 Å². The van der Waals surface area contributed by atoms with Crippen LogP contribution in [0.4, 0.5) is 0 Å². The van der Waals surface area contributed by atoms with Crippen LogP contribution >= 0.6 is 0 Å². The average molecular weight is 252 g/mol. The van der Waals surface area contributed by atoms with E-state index in [4.69, 9.17) is 0 Å². The van der Waals surface area contributed by atoms with E-state index < -0.39 is 0 Å². The number of aliphatic imine (C=N–C) groups is 1. The summed E-state index contributed by atoms with van der Waals surface area (Å²) in [5.41, 5.74) is 0. The van der Waals surface area contributed by atoms with Gasteiger partial charge in [-0.1, -0.05) is 6.08 Å². The third-order valence-electron chi connectivity index (χ3n) is 3.07. The Kier molecular flexibility index (Phi) is 6.80. The van der Waals surface area contributed by atoms with Gasteiger partial charge in [-0.2, -0.15) is 0 Å². The Morgan fingerprint density at radius 3 is 2.67 bits per heavy atom. The summed E-state index contributed by atoms with van der Waals surface area (Å²) in [5.74, 6) is 0.886. The van der Waals surface area contributed by atoms with E-state index in [-0.39, 0.29) is 0 Å². The van der Waals surface area contributed by atoms with Gasteiger partial charge in [-0.05, 0) is 33.6 Å². The average Bonchev–Trinajstić information content (AvgIpc) is 3.15. The number of guanidine groups is 1. The van der Waals surface area contributed by atoms with Gasteiger partial charge in [-0.3, -0.25) is 9.89 Å². The maximum absolute atomic E-state index is 4.59. The summed E-state index contributed by atoms with van der Waals surface area (Å²) in [5, 5.41) is 6.46. The van der Waals surface area contributed by atoms with Crippen LogP contribution in [0.3, 0.4) is 0 Å². The SMILES string of the molecule is C=CCNC(=NCCN(C(C)C)C1CC1)NCC. The first-order chi connectivity index (χ1) is 8.69. The minimum Gasteiger partial charge on any atom is -0.357 e. The Morgan fingerprint density at radius 2 is 2.17 bits per heavy atom. The molecule has 104 valence electrons. The van der Waals surface area contributed by atoms with Crippen molar-refractivity contribution in [2.75, 3.05) is 26.2 Å². The van der Waals surface area contributed by atoms with E-state index in [9.17, 15) is 0 Å². The number of hydrogen-bond donors (Lipinski definition) is 2. The van der Waals surface area contributed by atoms with E-state index in [0.717, 1.165) is 38.2 Å². The fraction of sp³-hybridized carbons (Fsp3) is 0.786. The Hall–Kier alpha value is -1.03. The van der Waals surface area contributed by atoms with Crippen LogP contribution in [0, 0.1) is 0 Å². The molecule has 0 spiro atoms. The molecule has 0 unspecified atom stereocenters. The Labute approximate surface area is 112 Å². The molecule has 4 nitrogen and oxygen atoms in total. The van der Waals surface area contributed by atoms with Crippen LogP contribution in [-0.2, 0) is 0 Å². The zero-order valence-electron chi connectivity index (χ0n) is 12.1. The summed E-state index contributed by atoms with van der Waals surface area (Å²) in [6.07, 6.45) is 4.56. The molecule has 0 atom stereocenters. The fourth-order valence-electron chi connectivity index (χ4n) is 2.06. The van der Waals surface area contributed by atoms with Crippen LogP contribution in [0.15, 0.2) is 17.6 Å². The van der Waals surface area contributed by atoms with Crippen LogP contribution < -0.4 is 10.6 Å². The molecule has 0 aliphatic heterocycles. The second-order valence-electron chi connectivity index (χ2n) is 4.99. The lowest BCUT2D eigenvalue weighted by atomic mass is 10.3. The van der Waals surface area contributed by atoms with Gasteiger partial charge in [0.1, 0.15) is 0 Å². The van der Waals surface area contributed by atoms with Crippen LogP contribution in [0.5, 0.6) is 0 Å². The third kappa shape index (κ3) is 5.54. The van der Waals surface area contributed by atoms with Crippen molar-refractivity contribution in [1.82, 2.24) is 15.5 Å². The van der Waals surface area contributed by atoms with Gasteiger partial charge in [0.15, 0.2) is 5.96 Å². The van der Waals surface area contributed by atoms with Crippen molar-refractivity contribution in [2.45, 2.75) is 45.7 Å². The summed E-state index contributed by atoms with van der Waals surface area (Å²) >= 11 is 0. The van der Waals surface area contributed by atoms with Crippen molar-refractivity contribution < 1.29 is 0 Å². The fourth-order valence-corrected chi connectivity index (χ4v) is 2.06. The summed E-state index contributed by atoms with van der Waals surface area (Å²) in [7, 11) is 0. The second-order valence-corrected chi connectivity index (χ2v) is 4.99. The van der Waals surface area contributed by atoms with Crippen molar-refractivity contribution in [3.63, 3.8) is 0 Å². The van der Waals surface area contributed by atoms with Crippen molar-refractivity contribution >= 4 is 5.96 Å². The molecular formula is C14H28N4. The van der Waals surface area contributed by atoms with Crippen LogP contribution in [0.25, 0.3) is 0 Å². The highest BCUT2D eigenvalue weighted by atomic mass is 15.2. The number of nitrogens with one attached hydrogen (secondary N) is 2. The predicted octanol–water partition coefficient (Wildman–Crippen LogP) is 1.60. The zero-order chi connectivity index (χ0) is 13.4. The predicted molar refractivity (Wildman–Crippen MR) is 79.0 cm³/mol. The molecule has 0 aromatic heterocycles. The van der Waals surface area contributed by atoms with Crippen molar-refractivity contribution in [3.8, 4) is 0 Å². The largest absolute Gasteiger partial charge is 0.357 e. The van der Waals surface area contributed by atoms with Crippen molar-refractivity contribution in [2.24, 2.45) is 4.99 Å². The lowest BCUT2D eigenvalue weighted by Crippen LogP contribution is -2.39. The monoisotopic (exact) mass is 252 g/mol. The first kappa shape index (κ1) is 15.0. The first-order valence-electron chi connectivity index (χ1n) is 7.07. The highest BCUT2D eigenvalue weighted by Gasteiger charge is 2.29. The maximum atomic E-state index is 4.59. The van der Waals surface area contributed by atoms with E-state index in [1.54, 1.807) is 0 Å². The maximum Gasteiger partial charge on any atom is 0.191 e. The van der Waals surface area contributed by atoms with Gasteiger partial charge < -0.3 is 10.6 Å². The second kappa shape index (κ2) is 8.14. The minimum absolute atomic E-state index is 0.622. The van der Waals surface area contributed by atoms with Crippen molar-refractivity contribution in [3.05, 3.63) is 12.7 Å². The molecule has 1 aliphatic rings. The van der Waals surface area contributed by atoms with Gasteiger partial charge >= 0.3 is 0 Å². The van der Waals surface area contributed by atoms with Gasteiger partial charge in [0.25, 0.3) is 0 Å². The molecule has 4 heteroatoms. The molecule has 0 bridgehead atoms. The molecule has 1 saturated carbocycles. The molecule has 0 radical (unpaired) electrons. The summed E-state index contributed by atoms with van der Waals surface area (Å²) in [4.78, 5) is 7.14. The van der Waals surface area contributed by atoms with E-state index in [0.29, 0.717) is 6.04 Å². The van der Waals surface area contributed by atoms with Crippen LogP contribution in [-0.4, -0.2) is 49.1 Å². The topological polar surface area (TPSA) is 39.7 Å². The molecule has 0 aromatic rings. The number of rotatable bonds is 8. The van der Waals surface area contributed by atoms with Crippen molar-refractivity contribution in [1.29, 1.82) is 0 Å². The normalized spacial score (nSPS) is 16.2. The molecule has 2 N–H and O–H groups in total. The molecule has 0 heterocycles. The Balaban J connectivity index is 2.35. The smallest absolute Gasteiger partial charge is 0.191 e. The van der Waals surface area contributed by atoms with E-state index in [1.807, 2.05) is 6.08 Å². The highest BCUT2D eigenvalue weighted by Crippen LogP contribution is 2.28. The zero-order valence-corrected chi connectivity index (χ0v) is 12.1. The van der Waals surface area contributed by atoms with E-state index in [1.165, 1.54) is 12.8 Å². The van der Waals surface area contributed by atoms with Gasteiger partial charge in [-0.15, -0.1) is 6.58 Å². The Bertz CT molecular complexity index is 267. The van der Waals surface area contributed by atoms with Crippen LogP contribution in [0.2, 0.25) is 0 Å². The summed E-state index contributed by atoms with van der Waals surface area (Å²) in [6, 6.07) is 1.43.